The Morgan fingerprint density at radius 2 is 2.00 bits per heavy atom. The lowest BCUT2D eigenvalue weighted by atomic mass is 10.1. The fraction of sp³-hybridized carbons (Fsp3) is 0.462. The van der Waals surface area contributed by atoms with Gasteiger partial charge < -0.3 is 14.2 Å². The third-order valence-electron chi connectivity index (χ3n) is 2.29. The van der Waals surface area contributed by atoms with Crippen molar-refractivity contribution in [2.75, 3.05) is 20.3 Å². The van der Waals surface area contributed by atoms with Crippen molar-refractivity contribution in [3.8, 4) is 11.5 Å². The Morgan fingerprint density at radius 3 is 2.59 bits per heavy atom. The Balaban J connectivity index is 2.67. The Kier molecular flexibility index (Phi) is 5.33. The van der Waals surface area contributed by atoms with Crippen LogP contribution in [0, 0.1) is 0 Å². The highest BCUT2D eigenvalue weighted by molar-refractivity contribution is 5.71. The van der Waals surface area contributed by atoms with Crippen molar-refractivity contribution in [3.63, 3.8) is 0 Å². The molecule has 0 saturated heterocycles. The summed E-state index contributed by atoms with van der Waals surface area (Å²) >= 11 is 0. The van der Waals surface area contributed by atoms with Gasteiger partial charge in [0.15, 0.2) is 18.1 Å². The van der Waals surface area contributed by atoms with Gasteiger partial charge in [0.05, 0.1) is 13.7 Å². The Bertz CT molecular complexity index is 374. The van der Waals surface area contributed by atoms with Crippen molar-refractivity contribution in [3.05, 3.63) is 23.8 Å². The van der Waals surface area contributed by atoms with Crippen molar-refractivity contribution >= 4 is 5.97 Å². The predicted octanol–water partition coefficient (Wildman–Crippen LogP) is 2.20. The molecular formula is C13H18O4. The molecule has 0 N–H and O–H groups in total. The molecule has 0 unspecified atom stereocenters. The van der Waals surface area contributed by atoms with E-state index in [-0.39, 0.29) is 12.6 Å². The van der Waals surface area contributed by atoms with Gasteiger partial charge in [0.1, 0.15) is 0 Å². The minimum absolute atomic E-state index is 0.102. The smallest absolute Gasteiger partial charge is 0.344 e. The first-order valence-electron chi connectivity index (χ1n) is 5.66. The van der Waals surface area contributed by atoms with E-state index in [4.69, 9.17) is 14.2 Å². The zero-order valence-corrected chi connectivity index (χ0v) is 10.5. The number of rotatable bonds is 6. The fourth-order valence-electron chi connectivity index (χ4n) is 1.39. The number of esters is 1. The van der Waals surface area contributed by atoms with E-state index < -0.39 is 0 Å². The summed E-state index contributed by atoms with van der Waals surface area (Å²) in [6.07, 6.45) is 0.925. The number of carbonyl (C=O) groups is 1. The summed E-state index contributed by atoms with van der Waals surface area (Å²) in [5.41, 5.74) is 1.16. The number of hydrogen-bond donors (Lipinski definition) is 0. The third-order valence-corrected chi connectivity index (χ3v) is 2.29. The van der Waals surface area contributed by atoms with Gasteiger partial charge in [0, 0.05) is 0 Å². The van der Waals surface area contributed by atoms with Gasteiger partial charge in [0.2, 0.25) is 0 Å². The topological polar surface area (TPSA) is 44.8 Å². The summed E-state index contributed by atoms with van der Waals surface area (Å²) in [5.74, 6) is 0.806. The van der Waals surface area contributed by atoms with Crippen LogP contribution < -0.4 is 9.47 Å². The van der Waals surface area contributed by atoms with E-state index >= 15 is 0 Å². The second-order valence-electron chi connectivity index (χ2n) is 3.43. The van der Waals surface area contributed by atoms with Gasteiger partial charge in [-0.2, -0.15) is 0 Å². The molecule has 4 nitrogen and oxygen atoms in total. The van der Waals surface area contributed by atoms with Gasteiger partial charge in [-0.1, -0.05) is 13.0 Å². The van der Waals surface area contributed by atoms with E-state index in [0.717, 1.165) is 12.0 Å². The molecule has 0 aliphatic rings. The lowest BCUT2D eigenvalue weighted by Crippen LogP contribution is -2.14. The van der Waals surface area contributed by atoms with E-state index in [0.29, 0.717) is 18.1 Å². The maximum atomic E-state index is 11.2. The van der Waals surface area contributed by atoms with Crippen LogP contribution in [0.25, 0.3) is 0 Å². The maximum absolute atomic E-state index is 11.2. The quantitative estimate of drug-likeness (QED) is 0.713. The van der Waals surface area contributed by atoms with E-state index in [1.165, 1.54) is 0 Å². The molecule has 0 radical (unpaired) electrons. The first-order chi connectivity index (χ1) is 8.21. The van der Waals surface area contributed by atoms with Gasteiger partial charge in [-0.15, -0.1) is 0 Å². The highest BCUT2D eigenvalue weighted by Crippen LogP contribution is 2.28. The number of methoxy groups -OCH3 is 1. The van der Waals surface area contributed by atoms with E-state index in [1.54, 1.807) is 20.1 Å². The van der Waals surface area contributed by atoms with Gasteiger partial charge in [-0.05, 0) is 31.0 Å². The standard InChI is InChI=1S/C13H18O4/c1-4-10-6-7-11(12(8-10)15-3)17-9-13(14)16-5-2/h6-8H,4-5,9H2,1-3H3. The van der Waals surface area contributed by atoms with E-state index in [9.17, 15) is 4.79 Å². The van der Waals surface area contributed by atoms with Crippen molar-refractivity contribution in [2.24, 2.45) is 0 Å². The van der Waals surface area contributed by atoms with E-state index in [2.05, 4.69) is 6.92 Å². The molecule has 0 bridgehead atoms. The lowest BCUT2D eigenvalue weighted by Gasteiger charge is -2.11. The molecule has 0 amide bonds. The lowest BCUT2D eigenvalue weighted by molar-refractivity contribution is -0.145. The summed E-state index contributed by atoms with van der Waals surface area (Å²) in [6, 6.07) is 5.65. The number of aryl methyl sites for hydroxylation is 1. The van der Waals surface area contributed by atoms with Crippen LogP contribution in [-0.2, 0) is 16.0 Å². The average Bonchev–Trinajstić information content (AvgIpc) is 2.36. The Hall–Kier alpha value is -1.71. The van der Waals surface area contributed by atoms with Gasteiger partial charge in [-0.3, -0.25) is 0 Å². The van der Waals surface area contributed by atoms with E-state index in [1.807, 2.05) is 12.1 Å². The van der Waals surface area contributed by atoms with Crippen LogP contribution in [0.1, 0.15) is 19.4 Å². The van der Waals surface area contributed by atoms with Gasteiger partial charge in [0.25, 0.3) is 0 Å². The number of carbonyl (C=O) groups excluding carboxylic acids is 1. The normalized spacial score (nSPS) is 9.82. The number of ether oxygens (including phenoxy) is 3. The molecule has 1 aromatic carbocycles. The molecule has 1 rings (SSSR count). The van der Waals surface area contributed by atoms with Crippen molar-refractivity contribution in [2.45, 2.75) is 20.3 Å². The molecular weight excluding hydrogens is 220 g/mol. The molecule has 0 aliphatic heterocycles. The zero-order valence-electron chi connectivity index (χ0n) is 10.5. The molecule has 0 aliphatic carbocycles. The average molecular weight is 238 g/mol. The second kappa shape index (κ2) is 6.78. The third kappa shape index (κ3) is 3.98. The van der Waals surface area contributed by atoms with Crippen LogP contribution in [0.15, 0.2) is 18.2 Å². The summed E-state index contributed by atoms with van der Waals surface area (Å²) in [4.78, 5) is 11.2. The minimum atomic E-state index is -0.380. The monoisotopic (exact) mass is 238 g/mol. The van der Waals surface area contributed by atoms with Crippen LogP contribution in [0.2, 0.25) is 0 Å². The molecule has 0 atom stereocenters. The van der Waals surface area contributed by atoms with Crippen molar-refractivity contribution < 1.29 is 19.0 Å². The van der Waals surface area contributed by atoms with Crippen LogP contribution in [-0.4, -0.2) is 26.3 Å². The number of benzene rings is 1. The molecule has 0 saturated carbocycles. The SMILES string of the molecule is CCOC(=O)COc1ccc(CC)cc1OC. The van der Waals surface area contributed by atoms with Gasteiger partial charge >= 0.3 is 5.97 Å². The fourth-order valence-corrected chi connectivity index (χ4v) is 1.39. The van der Waals surface area contributed by atoms with Crippen molar-refractivity contribution in [1.29, 1.82) is 0 Å². The van der Waals surface area contributed by atoms with Crippen LogP contribution in [0.3, 0.4) is 0 Å². The van der Waals surface area contributed by atoms with Crippen molar-refractivity contribution in [1.82, 2.24) is 0 Å². The molecule has 94 valence electrons. The molecule has 4 heteroatoms. The molecule has 0 fully saturated rings. The summed E-state index contributed by atoms with van der Waals surface area (Å²) < 4.78 is 15.3. The number of hydrogen-bond acceptors (Lipinski definition) is 4. The predicted molar refractivity (Wildman–Crippen MR) is 64.5 cm³/mol. The van der Waals surface area contributed by atoms with Crippen LogP contribution in [0.4, 0.5) is 0 Å². The second-order valence-corrected chi connectivity index (χ2v) is 3.43. The van der Waals surface area contributed by atoms with Gasteiger partial charge in [-0.25, -0.2) is 4.79 Å². The zero-order chi connectivity index (χ0) is 12.7. The highest BCUT2D eigenvalue weighted by Gasteiger charge is 2.08. The maximum Gasteiger partial charge on any atom is 0.344 e. The summed E-state index contributed by atoms with van der Waals surface area (Å²) in [7, 11) is 1.58. The molecule has 0 heterocycles. The molecule has 17 heavy (non-hydrogen) atoms. The minimum Gasteiger partial charge on any atom is -0.493 e. The summed E-state index contributed by atoms with van der Waals surface area (Å²) in [5, 5.41) is 0. The van der Waals surface area contributed by atoms with Crippen LogP contribution in [0.5, 0.6) is 11.5 Å². The highest BCUT2D eigenvalue weighted by atomic mass is 16.6. The molecule has 1 aromatic rings. The summed E-state index contributed by atoms with van der Waals surface area (Å²) in [6.45, 7) is 4.08. The Morgan fingerprint density at radius 1 is 1.24 bits per heavy atom. The molecule has 0 aromatic heterocycles. The first kappa shape index (κ1) is 13.4. The molecule has 0 spiro atoms. The largest absolute Gasteiger partial charge is 0.493 e. The van der Waals surface area contributed by atoms with Crippen LogP contribution >= 0.6 is 0 Å². The Labute approximate surface area is 101 Å². The first-order valence-corrected chi connectivity index (χ1v) is 5.66.